The lowest BCUT2D eigenvalue weighted by molar-refractivity contribution is 0.144. The minimum Gasteiger partial charge on any atom is -0.391 e. The first-order valence-corrected chi connectivity index (χ1v) is 12.5. The third-order valence-corrected chi connectivity index (χ3v) is 13.9. The van der Waals surface area contributed by atoms with Crippen LogP contribution in [-0.4, -0.2) is 43.5 Å². The summed E-state index contributed by atoms with van der Waals surface area (Å²) in [6.07, 6.45) is 4.07. The fourth-order valence-electron chi connectivity index (χ4n) is 2.95. The maximum Gasteiger partial charge on any atom is 0.372 e. The summed E-state index contributed by atoms with van der Waals surface area (Å²) in [5, 5.41) is 0. The van der Waals surface area contributed by atoms with Gasteiger partial charge in [0.2, 0.25) is 0 Å². The second kappa shape index (κ2) is 10.6. The molecule has 0 N–H and O–H groups in total. The monoisotopic (exact) mass is 360 g/mol. The van der Waals surface area contributed by atoms with Gasteiger partial charge in [-0.2, -0.15) is 0 Å². The minimum absolute atomic E-state index is 0.350. The molecule has 0 aliphatic heterocycles. The van der Waals surface area contributed by atoms with Gasteiger partial charge in [0.25, 0.3) is 0 Å². The van der Waals surface area contributed by atoms with Crippen molar-refractivity contribution in [3.8, 4) is 0 Å². The molecule has 0 amide bonds. The maximum absolute atomic E-state index is 6.29. The summed E-state index contributed by atoms with van der Waals surface area (Å²) in [4.78, 5) is 0. The maximum atomic E-state index is 6.29. The topological polar surface area (TPSA) is 36.9 Å². The largest absolute Gasteiger partial charge is 0.391 e. The van der Waals surface area contributed by atoms with Gasteiger partial charge in [-0.25, -0.2) is 0 Å². The summed E-state index contributed by atoms with van der Waals surface area (Å²) >= 11 is 0. The van der Waals surface area contributed by atoms with Crippen LogP contribution in [0.15, 0.2) is 23.6 Å². The molecule has 0 bridgehead atoms. The lowest BCUT2D eigenvalue weighted by Gasteiger charge is -2.48. The van der Waals surface area contributed by atoms with Crippen molar-refractivity contribution in [3.05, 3.63) is 23.6 Å². The molecule has 136 valence electrons. The van der Waals surface area contributed by atoms with Gasteiger partial charge in [0, 0.05) is 26.4 Å². The summed E-state index contributed by atoms with van der Waals surface area (Å²) in [5.41, 5.74) is 4.26. The first kappa shape index (κ1) is 22.8. The molecule has 0 rings (SSSR count). The van der Waals surface area contributed by atoms with Gasteiger partial charge in [0.1, 0.15) is 0 Å². The molecule has 0 saturated heterocycles. The van der Waals surface area contributed by atoms with Crippen LogP contribution >= 0.6 is 0 Å². The molecule has 4 nitrogen and oxygen atoms in total. The molecule has 0 spiro atoms. The van der Waals surface area contributed by atoms with E-state index in [-0.39, 0.29) is 4.66 Å². The third kappa shape index (κ3) is 4.87. The highest BCUT2D eigenvalue weighted by atomic mass is 28.4. The highest BCUT2D eigenvalue weighted by Crippen LogP contribution is 2.49. The number of hydrogen-bond acceptors (Lipinski definition) is 4. The second-order valence-corrected chi connectivity index (χ2v) is 13.2. The van der Waals surface area contributed by atoms with Gasteiger partial charge in [-0.05, 0) is 52.9 Å². The number of rotatable bonds is 12. The molecule has 0 aliphatic rings. The summed E-state index contributed by atoms with van der Waals surface area (Å²) in [6, 6.07) is 0. The van der Waals surface area contributed by atoms with E-state index < -0.39 is 17.1 Å². The first-order chi connectivity index (χ1) is 10.9. The molecule has 0 saturated carbocycles. The fraction of sp³-hybridized carbons (Fsp3) is 0.765. The van der Waals surface area contributed by atoms with E-state index >= 15 is 0 Å². The van der Waals surface area contributed by atoms with Crippen molar-refractivity contribution in [2.24, 2.45) is 0 Å². The van der Waals surface area contributed by atoms with Crippen molar-refractivity contribution in [2.75, 3.05) is 26.4 Å². The average molecular weight is 361 g/mol. The third-order valence-electron chi connectivity index (χ3n) is 3.95. The quantitative estimate of drug-likeness (QED) is 0.478. The van der Waals surface area contributed by atoms with E-state index in [0.717, 1.165) is 0 Å². The molecule has 23 heavy (non-hydrogen) atoms. The van der Waals surface area contributed by atoms with Crippen LogP contribution in [0.25, 0.3) is 0 Å². The Balaban J connectivity index is 6.29. The molecular formula is C17H36O4Si2. The second-order valence-electron chi connectivity index (χ2n) is 5.69. The molecule has 0 atom stereocenters. The molecule has 0 aromatic carbocycles. The van der Waals surface area contributed by atoms with Crippen LogP contribution in [0.2, 0.25) is 4.66 Å². The van der Waals surface area contributed by atoms with Crippen molar-refractivity contribution < 1.29 is 17.7 Å². The smallest absolute Gasteiger partial charge is 0.372 e. The van der Waals surface area contributed by atoms with E-state index in [2.05, 4.69) is 25.2 Å². The predicted molar refractivity (Wildman–Crippen MR) is 102 cm³/mol. The Hall–Kier alpha value is -0.246. The summed E-state index contributed by atoms with van der Waals surface area (Å²) in [5.74, 6) is 0. The van der Waals surface area contributed by atoms with Crippen LogP contribution in [0.4, 0.5) is 0 Å². The van der Waals surface area contributed by atoms with Crippen molar-refractivity contribution in [1.82, 2.24) is 0 Å². The Morgan fingerprint density at radius 1 is 0.652 bits per heavy atom. The molecule has 0 fully saturated rings. The molecule has 0 heterocycles. The molecule has 0 aliphatic carbocycles. The van der Waals surface area contributed by atoms with Gasteiger partial charge in [-0.15, -0.1) is 0 Å². The van der Waals surface area contributed by atoms with Gasteiger partial charge in [-0.3, -0.25) is 0 Å². The van der Waals surface area contributed by atoms with Gasteiger partial charge >= 0.3 is 17.1 Å². The molecule has 6 heteroatoms. The van der Waals surface area contributed by atoms with E-state index in [0.29, 0.717) is 26.4 Å². The lowest BCUT2D eigenvalue weighted by atomic mass is 10.5. The minimum atomic E-state index is -2.69. The van der Waals surface area contributed by atoms with Crippen molar-refractivity contribution in [2.45, 2.75) is 60.1 Å². The zero-order valence-corrected chi connectivity index (χ0v) is 18.3. The lowest BCUT2D eigenvalue weighted by Crippen LogP contribution is -2.65. The van der Waals surface area contributed by atoms with E-state index in [1.165, 1.54) is 0 Å². The zero-order chi connectivity index (χ0) is 18.0. The highest BCUT2D eigenvalue weighted by Gasteiger charge is 2.65. The normalized spacial score (nSPS) is 14.3. The van der Waals surface area contributed by atoms with E-state index in [9.17, 15) is 0 Å². The Morgan fingerprint density at radius 3 is 1.09 bits per heavy atom. The number of hydrogen-bond donors (Lipinski definition) is 0. The van der Waals surface area contributed by atoms with Crippen molar-refractivity contribution in [3.63, 3.8) is 0 Å². The van der Waals surface area contributed by atoms with Crippen LogP contribution in [0.1, 0.15) is 55.4 Å². The number of allylic oxidation sites excluding steroid dienone is 2. The molecule has 0 aromatic heterocycles. The van der Waals surface area contributed by atoms with Crippen LogP contribution in [-0.2, 0) is 17.7 Å². The van der Waals surface area contributed by atoms with E-state index in [1.807, 2.05) is 53.7 Å². The predicted octanol–water partition coefficient (Wildman–Crippen LogP) is 4.57. The van der Waals surface area contributed by atoms with Crippen molar-refractivity contribution in [1.29, 1.82) is 0 Å². The SMILES string of the molecule is CC=C[Si](OCC)(OCC)C(C)(C)[Si](C=CC)(OCC)OCC. The highest BCUT2D eigenvalue weighted by molar-refractivity contribution is 6.95. The fourth-order valence-corrected chi connectivity index (χ4v) is 11.7. The Bertz CT molecular complexity index is 335. The summed E-state index contributed by atoms with van der Waals surface area (Å²) < 4.78 is 24.8. The van der Waals surface area contributed by atoms with Crippen LogP contribution in [0, 0.1) is 0 Å². The Kier molecular flexibility index (Phi) is 10.5. The molecule has 0 radical (unpaired) electrons. The van der Waals surface area contributed by atoms with Gasteiger partial charge in [0.15, 0.2) is 0 Å². The van der Waals surface area contributed by atoms with Gasteiger partial charge in [0.05, 0.1) is 4.66 Å². The van der Waals surface area contributed by atoms with Crippen LogP contribution < -0.4 is 0 Å². The van der Waals surface area contributed by atoms with E-state index in [1.54, 1.807) is 0 Å². The first-order valence-electron chi connectivity index (χ1n) is 8.70. The zero-order valence-electron chi connectivity index (χ0n) is 16.3. The van der Waals surface area contributed by atoms with Gasteiger partial charge in [-0.1, -0.05) is 26.0 Å². The van der Waals surface area contributed by atoms with Crippen molar-refractivity contribution >= 4 is 17.1 Å². The summed E-state index contributed by atoms with van der Waals surface area (Å²) in [7, 11) is -5.38. The standard InChI is InChI=1S/C17H36O4Si2/c1-9-15-22(18-11-3,19-12-4)17(7,8)23(16-10-2,20-13-5)21-14-6/h9-10,15-16H,11-14H2,1-8H3. The Labute approximate surface area is 145 Å². The van der Waals surface area contributed by atoms with Crippen LogP contribution in [0.5, 0.6) is 0 Å². The average Bonchev–Trinajstić information content (AvgIpc) is 2.48. The Morgan fingerprint density at radius 2 is 0.913 bits per heavy atom. The molecular weight excluding hydrogens is 324 g/mol. The summed E-state index contributed by atoms with van der Waals surface area (Å²) in [6.45, 7) is 18.9. The van der Waals surface area contributed by atoms with E-state index in [4.69, 9.17) is 17.7 Å². The molecule has 0 unspecified atom stereocenters. The molecule has 0 aromatic rings. The van der Waals surface area contributed by atoms with Crippen LogP contribution in [0.3, 0.4) is 0 Å². The van der Waals surface area contributed by atoms with Gasteiger partial charge < -0.3 is 17.7 Å².